The van der Waals surface area contributed by atoms with Crippen molar-refractivity contribution in [3.63, 3.8) is 0 Å². The molecule has 3 aromatic heterocycles. The molecule has 1 aliphatic heterocycles. The smallest absolute Gasteiger partial charge is 0.269 e. The van der Waals surface area contributed by atoms with Gasteiger partial charge in [0.1, 0.15) is 5.02 Å². The van der Waals surface area contributed by atoms with Gasteiger partial charge in [0.2, 0.25) is 5.91 Å². The molecule has 0 aromatic carbocycles. The molecule has 4 heterocycles. The van der Waals surface area contributed by atoms with E-state index >= 15 is 0 Å². The lowest BCUT2D eigenvalue weighted by molar-refractivity contribution is -0.130. The Labute approximate surface area is 205 Å². The first-order chi connectivity index (χ1) is 16.1. The summed E-state index contributed by atoms with van der Waals surface area (Å²) in [6.07, 6.45) is 3.83. The molecule has 0 spiro atoms. The molecule has 4 rings (SSSR count). The number of hydrogen-bond donors (Lipinski definition) is 1. The van der Waals surface area contributed by atoms with Crippen LogP contribution in [0, 0.1) is 6.92 Å². The number of amides is 1. The lowest BCUT2D eigenvalue weighted by Gasteiger charge is -2.31. The monoisotopic (exact) mass is 483 g/mol. The van der Waals surface area contributed by atoms with E-state index in [-0.39, 0.29) is 22.4 Å². The number of piperidine rings is 1. The molecule has 0 radical (unpaired) electrons. The summed E-state index contributed by atoms with van der Waals surface area (Å²) in [5, 5.41) is 0.251. The molecular weight excluding hydrogens is 450 g/mol. The topological polar surface area (TPSA) is 74.2 Å². The van der Waals surface area contributed by atoms with Gasteiger partial charge in [-0.3, -0.25) is 19.5 Å². The van der Waals surface area contributed by atoms with Crippen molar-refractivity contribution in [3.8, 4) is 11.3 Å². The largest absolute Gasteiger partial charge is 0.353 e. The van der Waals surface area contributed by atoms with E-state index in [1.165, 1.54) is 4.57 Å². The molecular formula is C26H34ClN5O2. The van der Waals surface area contributed by atoms with Gasteiger partial charge in [0.15, 0.2) is 0 Å². The molecule has 0 aliphatic carbocycles. The van der Waals surface area contributed by atoms with Crippen molar-refractivity contribution in [2.45, 2.75) is 45.4 Å². The Morgan fingerprint density at radius 3 is 2.56 bits per heavy atom. The number of nitrogens with one attached hydrogen (secondary N) is 1. The van der Waals surface area contributed by atoms with Crippen molar-refractivity contribution in [1.29, 1.82) is 0 Å². The quantitative estimate of drug-likeness (QED) is 0.587. The van der Waals surface area contributed by atoms with E-state index in [1.807, 2.05) is 13.1 Å². The first-order valence-electron chi connectivity index (χ1n) is 11.9. The number of pyridine rings is 2. The third-order valence-electron chi connectivity index (χ3n) is 6.98. The Morgan fingerprint density at radius 1 is 1.26 bits per heavy atom. The van der Waals surface area contributed by atoms with Crippen LogP contribution >= 0.6 is 11.6 Å². The number of rotatable bonds is 5. The van der Waals surface area contributed by atoms with E-state index in [0.717, 1.165) is 65.0 Å². The lowest BCUT2D eigenvalue weighted by Crippen LogP contribution is -2.40. The van der Waals surface area contributed by atoms with E-state index in [4.69, 9.17) is 16.6 Å². The van der Waals surface area contributed by atoms with Crippen LogP contribution in [0.3, 0.4) is 0 Å². The molecule has 3 aromatic rings. The van der Waals surface area contributed by atoms with E-state index in [0.29, 0.717) is 12.5 Å². The van der Waals surface area contributed by atoms with Crippen molar-refractivity contribution in [1.82, 2.24) is 24.3 Å². The van der Waals surface area contributed by atoms with Crippen molar-refractivity contribution in [3.05, 3.63) is 50.5 Å². The predicted molar refractivity (Wildman–Crippen MR) is 138 cm³/mol. The zero-order valence-corrected chi connectivity index (χ0v) is 21.7. The Balaban J connectivity index is 1.68. The van der Waals surface area contributed by atoms with Crippen LogP contribution in [0.25, 0.3) is 22.3 Å². The second kappa shape index (κ2) is 9.55. The molecule has 1 aliphatic rings. The number of likely N-dealkylation sites (tertiary alicyclic amines) is 1. The summed E-state index contributed by atoms with van der Waals surface area (Å²) in [6.45, 7) is 8.50. The fourth-order valence-electron chi connectivity index (χ4n) is 4.86. The van der Waals surface area contributed by atoms with Gasteiger partial charge in [0.05, 0.1) is 23.3 Å². The van der Waals surface area contributed by atoms with Crippen molar-refractivity contribution in [2.24, 2.45) is 7.05 Å². The maximum absolute atomic E-state index is 12.3. The highest BCUT2D eigenvalue weighted by molar-refractivity contribution is 6.31. The Bertz CT molecular complexity index is 1280. The molecule has 7 nitrogen and oxygen atoms in total. The highest BCUT2D eigenvalue weighted by atomic mass is 35.5. The van der Waals surface area contributed by atoms with Crippen molar-refractivity contribution < 1.29 is 4.79 Å². The number of carbonyl (C=O) groups is 1. The molecule has 0 atom stereocenters. The van der Waals surface area contributed by atoms with E-state index in [2.05, 4.69) is 35.9 Å². The van der Waals surface area contributed by atoms with Crippen LogP contribution in [0.1, 0.15) is 55.3 Å². The second-order valence-corrected chi connectivity index (χ2v) is 10.3. The molecule has 0 saturated carbocycles. The maximum Gasteiger partial charge on any atom is 0.269 e. The third-order valence-corrected chi connectivity index (χ3v) is 7.42. The number of fused-ring (bicyclic) bond motifs is 1. The average molecular weight is 484 g/mol. The summed E-state index contributed by atoms with van der Waals surface area (Å²) in [5.41, 5.74) is 6.70. The van der Waals surface area contributed by atoms with Gasteiger partial charge in [-0.2, -0.15) is 0 Å². The summed E-state index contributed by atoms with van der Waals surface area (Å²) in [4.78, 5) is 36.9. The van der Waals surface area contributed by atoms with Crippen LogP contribution < -0.4 is 5.56 Å². The minimum atomic E-state index is -0.191. The molecule has 1 amide bonds. The highest BCUT2D eigenvalue weighted by Gasteiger charge is 2.26. The fraction of sp³-hybridized carbons (Fsp3) is 0.500. The van der Waals surface area contributed by atoms with Gasteiger partial charge in [-0.25, -0.2) is 0 Å². The summed E-state index contributed by atoms with van der Waals surface area (Å²) < 4.78 is 1.54. The maximum atomic E-state index is 12.3. The summed E-state index contributed by atoms with van der Waals surface area (Å²) >= 11 is 6.37. The van der Waals surface area contributed by atoms with E-state index in [9.17, 15) is 9.59 Å². The minimum absolute atomic E-state index is 0.147. The van der Waals surface area contributed by atoms with Gasteiger partial charge in [0, 0.05) is 50.1 Å². The van der Waals surface area contributed by atoms with Crippen LogP contribution in [0.4, 0.5) is 0 Å². The Kier molecular flexibility index (Phi) is 6.87. The Hall–Kier alpha value is -2.64. The molecule has 1 fully saturated rings. The Morgan fingerprint density at radius 2 is 1.94 bits per heavy atom. The number of halogens is 1. The zero-order chi connectivity index (χ0) is 24.7. The number of aromatic nitrogens is 3. The number of H-pyrrole nitrogens is 1. The first kappa shape index (κ1) is 24.5. The molecule has 1 N–H and O–H groups in total. The predicted octanol–water partition coefficient (Wildman–Crippen LogP) is 4.28. The van der Waals surface area contributed by atoms with Gasteiger partial charge in [-0.05, 0) is 56.5 Å². The van der Waals surface area contributed by atoms with Gasteiger partial charge in [0.25, 0.3) is 5.56 Å². The molecule has 8 heteroatoms. The SMILES string of the molecule is Cc1c(-c2[nH]c3ccc(C4CCN(CC(=O)N(C)C)CC4)nc3c2C(C)C)cn(C)c(=O)c1Cl. The average Bonchev–Trinajstić information content (AvgIpc) is 3.19. The molecule has 34 heavy (non-hydrogen) atoms. The lowest BCUT2D eigenvalue weighted by atomic mass is 9.92. The number of carbonyl (C=O) groups excluding carboxylic acids is 1. The number of nitrogens with zero attached hydrogens (tertiary/aromatic N) is 4. The normalized spacial score (nSPS) is 15.4. The minimum Gasteiger partial charge on any atom is -0.353 e. The highest BCUT2D eigenvalue weighted by Crippen LogP contribution is 2.38. The van der Waals surface area contributed by atoms with Gasteiger partial charge < -0.3 is 14.5 Å². The third kappa shape index (κ3) is 4.51. The van der Waals surface area contributed by atoms with Crippen molar-refractivity contribution in [2.75, 3.05) is 33.7 Å². The molecule has 0 unspecified atom stereocenters. The number of likely N-dealkylation sites (N-methyl/N-ethyl adjacent to an activating group) is 1. The summed E-state index contributed by atoms with van der Waals surface area (Å²) in [6, 6.07) is 4.24. The summed E-state index contributed by atoms with van der Waals surface area (Å²) in [5.74, 6) is 0.760. The number of hydrogen-bond acceptors (Lipinski definition) is 4. The van der Waals surface area contributed by atoms with E-state index in [1.54, 1.807) is 26.0 Å². The van der Waals surface area contributed by atoms with Gasteiger partial charge in [-0.15, -0.1) is 0 Å². The van der Waals surface area contributed by atoms with Gasteiger partial charge >= 0.3 is 0 Å². The van der Waals surface area contributed by atoms with Crippen LogP contribution in [-0.4, -0.2) is 64.0 Å². The zero-order valence-electron chi connectivity index (χ0n) is 20.9. The van der Waals surface area contributed by atoms with Crippen LogP contribution in [0.5, 0.6) is 0 Å². The van der Waals surface area contributed by atoms with Crippen LogP contribution in [0.2, 0.25) is 5.02 Å². The van der Waals surface area contributed by atoms with Gasteiger partial charge in [-0.1, -0.05) is 25.4 Å². The van der Waals surface area contributed by atoms with Crippen molar-refractivity contribution >= 4 is 28.5 Å². The molecule has 182 valence electrons. The summed E-state index contributed by atoms with van der Waals surface area (Å²) in [7, 11) is 5.33. The number of aryl methyl sites for hydroxylation is 1. The van der Waals surface area contributed by atoms with Crippen LogP contribution in [0.15, 0.2) is 23.1 Å². The molecule has 0 bridgehead atoms. The second-order valence-electron chi connectivity index (χ2n) is 9.94. The standard InChI is InChI=1S/C26H34ClN5O2/c1-15(2)22-24(18-13-31(6)26(34)23(27)16(18)3)29-20-8-7-19(28-25(20)22)17-9-11-32(12-10-17)14-21(33)30(4)5/h7-8,13,15,17,29H,9-12,14H2,1-6H3. The molecule has 1 saturated heterocycles. The van der Waals surface area contributed by atoms with Crippen LogP contribution in [-0.2, 0) is 11.8 Å². The fourth-order valence-corrected chi connectivity index (χ4v) is 5.09. The first-order valence-corrected chi connectivity index (χ1v) is 12.3. The van der Waals surface area contributed by atoms with E-state index < -0.39 is 0 Å². The number of aromatic amines is 1.